The number of rotatable bonds is 3. The third-order valence-electron chi connectivity index (χ3n) is 3.01. The summed E-state index contributed by atoms with van der Waals surface area (Å²) in [5, 5.41) is 0. The van der Waals surface area contributed by atoms with Crippen LogP contribution < -0.4 is 0 Å². The molecule has 1 heterocycles. The van der Waals surface area contributed by atoms with E-state index in [-0.39, 0.29) is 5.91 Å². The summed E-state index contributed by atoms with van der Waals surface area (Å²) in [7, 11) is 0. The van der Waals surface area contributed by atoms with Gasteiger partial charge in [0.1, 0.15) is 4.32 Å². The van der Waals surface area contributed by atoms with Crippen LogP contribution in [-0.4, -0.2) is 21.7 Å². The molecule has 19 heavy (non-hydrogen) atoms. The molecular weight excluding hydrogens is 274 g/mol. The van der Waals surface area contributed by atoms with Crippen molar-refractivity contribution in [3.8, 4) is 0 Å². The van der Waals surface area contributed by atoms with Crippen molar-refractivity contribution in [3.05, 3.63) is 52.4 Å². The molecule has 1 aliphatic rings. The van der Waals surface area contributed by atoms with Crippen LogP contribution in [0.3, 0.4) is 0 Å². The summed E-state index contributed by atoms with van der Waals surface area (Å²) < 4.78 is 0.597. The van der Waals surface area contributed by atoms with Crippen LogP contribution in [0.1, 0.15) is 16.7 Å². The molecular formula is C15H15NOS2. The van der Waals surface area contributed by atoms with Crippen molar-refractivity contribution in [2.75, 3.05) is 6.54 Å². The first kappa shape index (κ1) is 14.0. The van der Waals surface area contributed by atoms with Gasteiger partial charge in [0.25, 0.3) is 5.91 Å². The molecule has 1 saturated heterocycles. The Kier molecular flexibility index (Phi) is 4.22. The first-order valence-corrected chi connectivity index (χ1v) is 7.19. The molecule has 0 aromatic heterocycles. The highest BCUT2D eigenvalue weighted by Crippen LogP contribution is 2.32. The van der Waals surface area contributed by atoms with Gasteiger partial charge in [0.15, 0.2) is 0 Å². The molecule has 0 aliphatic carbocycles. The molecule has 1 aromatic rings. The van der Waals surface area contributed by atoms with Crippen LogP contribution in [0.15, 0.2) is 35.8 Å². The molecule has 2 rings (SSSR count). The van der Waals surface area contributed by atoms with E-state index in [1.54, 1.807) is 11.0 Å². The van der Waals surface area contributed by atoms with Crippen LogP contribution in [0.25, 0.3) is 6.08 Å². The number of benzene rings is 1. The van der Waals surface area contributed by atoms with Gasteiger partial charge in [-0.25, -0.2) is 0 Å². The third kappa shape index (κ3) is 2.96. The number of hydrogen-bond donors (Lipinski definition) is 0. The van der Waals surface area contributed by atoms with E-state index < -0.39 is 0 Å². The summed E-state index contributed by atoms with van der Waals surface area (Å²) in [5.74, 6) is -0.0341. The maximum absolute atomic E-state index is 12.2. The molecule has 0 radical (unpaired) electrons. The predicted molar refractivity (Wildman–Crippen MR) is 86.0 cm³/mol. The molecule has 1 fully saturated rings. The number of thiocarbonyl (C=S) groups is 1. The predicted octanol–water partition coefficient (Wildman–Crippen LogP) is 3.69. The van der Waals surface area contributed by atoms with E-state index >= 15 is 0 Å². The average molecular weight is 289 g/mol. The number of carbonyl (C=O) groups is 1. The van der Waals surface area contributed by atoms with Crippen molar-refractivity contribution in [3.63, 3.8) is 0 Å². The number of amides is 1. The minimum atomic E-state index is -0.0341. The molecule has 0 saturated carbocycles. The van der Waals surface area contributed by atoms with E-state index in [2.05, 4.69) is 32.6 Å². The summed E-state index contributed by atoms with van der Waals surface area (Å²) in [6.07, 6.45) is 3.58. The number of nitrogens with zero attached hydrogens (tertiary/aromatic N) is 1. The van der Waals surface area contributed by atoms with E-state index in [4.69, 9.17) is 12.2 Å². The van der Waals surface area contributed by atoms with Gasteiger partial charge in [-0.2, -0.15) is 0 Å². The first-order valence-electron chi connectivity index (χ1n) is 5.96. The minimum Gasteiger partial charge on any atom is -0.289 e. The zero-order chi connectivity index (χ0) is 14.0. The van der Waals surface area contributed by atoms with Crippen molar-refractivity contribution >= 4 is 40.3 Å². The topological polar surface area (TPSA) is 20.3 Å². The van der Waals surface area contributed by atoms with Crippen LogP contribution in [0.5, 0.6) is 0 Å². The molecule has 1 aromatic carbocycles. The van der Waals surface area contributed by atoms with E-state index in [1.165, 1.54) is 22.9 Å². The van der Waals surface area contributed by atoms with Gasteiger partial charge in [-0.05, 0) is 36.6 Å². The van der Waals surface area contributed by atoms with Crippen molar-refractivity contribution < 1.29 is 4.79 Å². The summed E-state index contributed by atoms with van der Waals surface area (Å²) >= 11 is 6.55. The molecule has 0 N–H and O–H groups in total. The monoisotopic (exact) mass is 289 g/mol. The number of hydrogen-bond acceptors (Lipinski definition) is 3. The Bertz CT molecular complexity index is 590. The third-order valence-corrected chi connectivity index (χ3v) is 4.39. The number of carbonyl (C=O) groups excluding carboxylic acids is 1. The molecule has 2 nitrogen and oxygen atoms in total. The Hall–Kier alpha value is -1.39. The minimum absolute atomic E-state index is 0.0341. The number of aryl methyl sites for hydroxylation is 2. The zero-order valence-electron chi connectivity index (χ0n) is 11.0. The molecule has 1 amide bonds. The van der Waals surface area contributed by atoms with Gasteiger partial charge in [-0.1, -0.05) is 48.3 Å². The van der Waals surface area contributed by atoms with E-state index in [9.17, 15) is 4.79 Å². The van der Waals surface area contributed by atoms with E-state index in [0.29, 0.717) is 15.8 Å². The van der Waals surface area contributed by atoms with Gasteiger partial charge in [-0.15, -0.1) is 6.58 Å². The molecule has 0 unspecified atom stereocenters. The summed E-state index contributed by atoms with van der Waals surface area (Å²) in [4.78, 5) is 14.4. The molecule has 1 aliphatic heterocycles. The normalized spacial score (nSPS) is 17.4. The fourth-order valence-electron chi connectivity index (χ4n) is 1.79. The fraction of sp³-hybridized carbons (Fsp3) is 0.200. The van der Waals surface area contributed by atoms with Crippen LogP contribution in [0, 0.1) is 13.8 Å². The summed E-state index contributed by atoms with van der Waals surface area (Å²) in [5.41, 5.74) is 3.49. The average Bonchev–Trinajstić information content (AvgIpc) is 2.62. The highest BCUT2D eigenvalue weighted by Gasteiger charge is 2.30. The van der Waals surface area contributed by atoms with Crippen LogP contribution in [0.2, 0.25) is 0 Å². The largest absolute Gasteiger partial charge is 0.289 e. The van der Waals surface area contributed by atoms with Gasteiger partial charge in [-0.3, -0.25) is 9.69 Å². The second kappa shape index (κ2) is 5.72. The Balaban J connectivity index is 2.29. The van der Waals surface area contributed by atoms with Crippen molar-refractivity contribution in [2.45, 2.75) is 13.8 Å². The van der Waals surface area contributed by atoms with Crippen LogP contribution in [-0.2, 0) is 4.79 Å². The fourth-order valence-corrected chi connectivity index (χ4v) is 3.07. The van der Waals surface area contributed by atoms with Gasteiger partial charge in [0.2, 0.25) is 0 Å². The molecule has 0 bridgehead atoms. The molecule has 4 heteroatoms. The highest BCUT2D eigenvalue weighted by atomic mass is 32.2. The molecule has 0 atom stereocenters. The van der Waals surface area contributed by atoms with Gasteiger partial charge < -0.3 is 0 Å². The lowest BCUT2D eigenvalue weighted by molar-refractivity contribution is -0.121. The Morgan fingerprint density at radius 3 is 2.74 bits per heavy atom. The lowest BCUT2D eigenvalue weighted by atomic mass is 10.1. The quantitative estimate of drug-likeness (QED) is 0.481. The second-order valence-electron chi connectivity index (χ2n) is 4.42. The second-order valence-corrected chi connectivity index (χ2v) is 6.10. The van der Waals surface area contributed by atoms with Gasteiger partial charge in [0, 0.05) is 6.54 Å². The number of thioether (sulfide) groups is 1. The van der Waals surface area contributed by atoms with E-state index in [1.807, 2.05) is 12.1 Å². The van der Waals surface area contributed by atoms with Crippen LogP contribution >= 0.6 is 24.0 Å². The SMILES string of the molecule is C=CCN1C(=O)C(=Cc2ccc(C)c(C)c2)SC1=S. The Morgan fingerprint density at radius 1 is 1.37 bits per heavy atom. The Labute approximate surface area is 123 Å². The highest BCUT2D eigenvalue weighted by molar-refractivity contribution is 8.26. The van der Waals surface area contributed by atoms with Crippen molar-refractivity contribution in [1.29, 1.82) is 0 Å². The van der Waals surface area contributed by atoms with Crippen molar-refractivity contribution in [2.24, 2.45) is 0 Å². The molecule has 0 spiro atoms. The Morgan fingerprint density at radius 2 is 2.11 bits per heavy atom. The van der Waals surface area contributed by atoms with Gasteiger partial charge in [0.05, 0.1) is 4.91 Å². The standard InChI is InChI=1S/C15H15NOS2/c1-4-7-16-14(17)13(19-15(16)18)9-12-6-5-10(2)11(3)8-12/h4-6,8-9H,1,7H2,2-3H3. The summed E-state index contributed by atoms with van der Waals surface area (Å²) in [6.45, 7) is 8.25. The smallest absolute Gasteiger partial charge is 0.266 e. The lowest BCUT2D eigenvalue weighted by Gasteiger charge is -2.10. The van der Waals surface area contributed by atoms with Crippen molar-refractivity contribution in [1.82, 2.24) is 4.90 Å². The van der Waals surface area contributed by atoms with E-state index in [0.717, 1.165) is 5.56 Å². The first-order chi connectivity index (χ1) is 9.02. The maximum Gasteiger partial charge on any atom is 0.266 e. The lowest BCUT2D eigenvalue weighted by Crippen LogP contribution is -2.27. The zero-order valence-corrected chi connectivity index (χ0v) is 12.6. The van der Waals surface area contributed by atoms with Gasteiger partial charge >= 0.3 is 0 Å². The molecule has 98 valence electrons. The maximum atomic E-state index is 12.2. The van der Waals surface area contributed by atoms with Crippen LogP contribution in [0.4, 0.5) is 0 Å². The summed E-state index contributed by atoms with van der Waals surface area (Å²) in [6, 6.07) is 6.16.